The summed E-state index contributed by atoms with van der Waals surface area (Å²) < 4.78 is 0. The van der Waals surface area contributed by atoms with Gasteiger partial charge >= 0.3 is 0 Å². The molecule has 2 fully saturated rings. The summed E-state index contributed by atoms with van der Waals surface area (Å²) >= 11 is 0. The monoisotopic (exact) mass is 745 g/mol. The number of rotatable bonds is 4. The van der Waals surface area contributed by atoms with E-state index in [2.05, 4.69) is 70.3 Å². The van der Waals surface area contributed by atoms with Crippen LogP contribution in [0, 0.1) is 43.6 Å². The number of pyridine rings is 1. The normalized spacial score (nSPS) is 23.6. The molecule has 1 heterocycles. The first kappa shape index (κ1) is 34.2. The Hall–Kier alpha value is -2.29. The third-order valence-electron chi connectivity index (χ3n) is 9.51. The second kappa shape index (κ2) is 15.4. The van der Waals surface area contributed by atoms with E-state index in [0.29, 0.717) is 5.76 Å². The summed E-state index contributed by atoms with van der Waals surface area (Å²) in [5, 5.41) is 12.9. The number of carbonyl (C=O) groups is 1. The Morgan fingerprint density at radius 3 is 2.17 bits per heavy atom. The van der Waals surface area contributed by atoms with Crippen LogP contribution in [0.5, 0.6) is 0 Å². The minimum atomic E-state index is 0. The molecule has 3 aromatic rings. The molecule has 6 rings (SSSR count). The van der Waals surface area contributed by atoms with Crippen molar-refractivity contribution in [2.75, 3.05) is 0 Å². The molecule has 3 aliphatic rings. The van der Waals surface area contributed by atoms with E-state index >= 15 is 0 Å². The van der Waals surface area contributed by atoms with Gasteiger partial charge in [0.05, 0.1) is 5.76 Å². The van der Waals surface area contributed by atoms with Gasteiger partial charge < -0.3 is 10.1 Å². The number of hydrogen-bond donors (Lipinski definition) is 1. The first-order chi connectivity index (χ1) is 19.3. The summed E-state index contributed by atoms with van der Waals surface area (Å²) in [7, 11) is 0. The summed E-state index contributed by atoms with van der Waals surface area (Å²) in [4.78, 5) is 17.0. The summed E-state index contributed by atoms with van der Waals surface area (Å²) in [6, 6.07) is 14.5. The molecule has 0 bridgehead atoms. The average molecular weight is 745 g/mol. The molecule has 3 aliphatic carbocycles. The zero-order valence-electron chi connectivity index (χ0n) is 25.3. The largest absolute Gasteiger partial charge is 0.512 e. The molecule has 1 aromatic heterocycles. The van der Waals surface area contributed by atoms with Crippen molar-refractivity contribution < 1.29 is 30.0 Å². The molecule has 0 spiro atoms. The first-order valence-corrected chi connectivity index (χ1v) is 15.6. The van der Waals surface area contributed by atoms with E-state index in [0.717, 1.165) is 68.0 Å². The number of carbonyl (C=O) groups excluding carboxylic acids is 1. The van der Waals surface area contributed by atoms with Gasteiger partial charge in [0.15, 0.2) is 5.78 Å². The van der Waals surface area contributed by atoms with E-state index in [-0.39, 0.29) is 45.2 Å². The van der Waals surface area contributed by atoms with Gasteiger partial charge in [-0.05, 0) is 84.4 Å². The van der Waals surface area contributed by atoms with Gasteiger partial charge in [-0.3, -0.25) is 4.79 Å². The molecule has 0 aliphatic heterocycles. The predicted octanol–water partition coefficient (Wildman–Crippen LogP) is 10.1. The van der Waals surface area contributed by atoms with Gasteiger partial charge in [0, 0.05) is 44.2 Å². The first-order valence-electron chi connectivity index (χ1n) is 15.6. The quantitative estimate of drug-likeness (QED) is 0.164. The fourth-order valence-electron chi connectivity index (χ4n) is 7.04. The maximum atomic E-state index is 12.2. The van der Waals surface area contributed by atoms with Crippen molar-refractivity contribution in [1.29, 1.82) is 0 Å². The molecular formula is C38H50IrNO2-. The molecule has 1 N–H and O–H groups in total. The Balaban J connectivity index is 0.000000221. The van der Waals surface area contributed by atoms with Crippen molar-refractivity contribution in [1.82, 2.24) is 4.98 Å². The standard InChI is InChI=1S/C20H18N.C17H28O2.CH4.Ir/c1-13-9-14(2)11-17(10-13)20-18-8-4-6-15-5-3-7-16(12-21-20)19(15)18;1-12-3-7-14(8-4-12)16(18)11-17(19)15-9-5-13(2)6-10-15;;/h4,6,8-10,12H,3,5,7H2,1-2H3;11-15,18H,3-10H2,1-2H3;1H4;/q-1;;;. The maximum absolute atomic E-state index is 12.2. The van der Waals surface area contributed by atoms with Crippen LogP contribution in [-0.2, 0) is 37.7 Å². The van der Waals surface area contributed by atoms with Gasteiger partial charge in [0.2, 0.25) is 0 Å². The molecule has 42 heavy (non-hydrogen) atoms. The number of aliphatic hydroxyl groups is 1. The predicted molar refractivity (Wildman–Crippen MR) is 172 cm³/mol. The minimum Gasteiger partial charge on any atom is -0.512 e. The van der Waals surface area contributed by atoms with E-state index in [1.54, 1.807) is 6.08 Å². The molecule has 0 unspecified atom stereocenters. The molecule has 0 atom stereocenters. The maximum Gasteiger partial charge on any atom is 0.162 e. The van der Waals surface area contributed by atoms with Gasteiger partial charge in [-0.2, -0.15) is 0 Å². The molecule has 2 saturated carbocycles. The zero-order valence-corrected chi connectivity index (χ0v) is 27.7. The third-order valence-corrected chi connectivity index (χ3v) is 9.51. The Kier molecular flexibility index (Phi) is 12.6. The number of aromatic nitrogens is 1. The van der Waals surface area contributed by atoms with Crippen molar-refractivity contribution in [2.45, 2.75) is 106 Å². The van der Waals surface area contributed by atoms with Gasteiger partial charge in [-0.15, -0.1) is 34.9 Å². The molecule has 0 saturated heterocycles. The number of nitrogens with zero attached hydrogens (tertiary/aromatic N) is 1. The number of allylic oxidation sites excluding steroid dienone is 2. The Morgan fingerprint density at radius 2 is 1.52 bits per heavy atom. The fraction of sp³-hybridized carbons (Fsp3) is 0.526. The number of hydrogen-bond acceptors (Lipinski definition) is 3. The van der Waals surface area contributed by atoms with Crippen molar-refractivity contribution in [3.63, 3.8) is 0 Å². The zero-order chi connectivity index (χ0) is 28.2. The van der Waals surface area contributed by atoms with E-state index < -0.39 is 0 Å². The van der Waals surface area contributed by atoms with Crippen LogP contribution in [0.15, 0.2) is 48.4 Å². The second-order valence-corrected chi connectivity index (χ2v) is 13.0. The summed E-state index contributed by atoms with van der Waals surface area (Å²) in [5.41, 5.74) is 7.50. The smallest absolute Gasteiger partial charge is 0.162 e. The van der Waals surface area contributed by atoms with E-state index in [1.165, 1.54) is 58.7 Å². The van der Waals surface area contributed by atoms with Crippen LogP contribution < -0.4 is 0 Å². The SMILES string of the molecule is C.CC1CCC(C(=O)C=C(O)C2CCC(C)CC2)CC1.Cc1[c-]c(-c2ncc3c4c(cccc24)CCC3)cc(C)c1.[Ir]. The Bertz CT molecular complexity index is 1350. The topological polar surface area (TPSA) is 50.2 Å². The van der Waals surface area contributed by atoms with Crippen LogP contribution in [0.1, 0.15) is 101 Å². The average Bonchev–Trinajstić information content (AvgIpc) is 2.94. The van der Waals surface area contributed by atoms with Crippen LogP contribution in [0.4, 0.5) is 0 Å². The van der Waals surface area contributed by atoms with Crippen molar-refractivity contribution in [2.24, 2.45) is 23.7 Å². The number of aryl methyl sites for hydroxylation is 4. The molecule has 2 aromatic carbocycles. The Labute approximate surface area is 268 Å². The van der Waals surface area contributed by atoms with Gasteiger partial charge in [-0.25, -0.2) is 0 Å². The number of aliphatic hydroxyl groups excluding tert-OH is 1. The molecule has 0 amide bonds. The summed E-state index contributed by atoms with van der Waals surface area (Å²) in [6.07, 6.45) is 16.0. The fourth-order valence-corrected chi connectivity index (χ4v) is 7.04. The summed E-state index contributed by atoms with van der Waals surface area (Å²) in [5.74, 6) is 2.48. The van der Waals surface area contributed by atoms with Crippen molar-refractivity contribution in [3.05, 3.63) is 76.7 Å². The van der Waals surface area contributed by atoms with Crippen molar-refractivity contribution in [3.8, 4) is 11.3 Å². The molecule has 229 valence electrons. The van der Waals surface area contributed by atoms with Gasteiger partial charge in [0.1, 0.15) is 0 Å². The van der Waals surface area contributed by atoms with Crippen LogP contribution in [0.3, 0.4) is 0 Å². The summed E-state index contributed by atoms with van der Waals surface area (Å²) in [6.45, 7) is 8.76. The van der Waals surface area contributed by atoms with Crippen molar-refractivity contribution >= 4 is 16.6 Å². The minimum absolute atomic E-state index is 0. The van der Waals surface area contributed by atoms with Gasteiger partial charge in [-0.1, -0.05) is 79.0 Å². The van der Waals surface area contributed by atoms with Gasteiger partial charge in [0.25, 0.3) is 0 Å². The van der Waals surface area contributed by atoms with Crippen LogP contribution in [-0.4, -0.2) is 15.9 Å². The molecule has 3 nitrogen and oxygen atoms in total. The Morgan fingerprint density at radius 1 is 0.905 bits per heavy atom. The van der Waals surface area contributed by atoms with Crippen LogP contribution in [0.25, 0.3) is 22.0 Å². The molecule has 1 radical (unpaired) electrons. The third kappa shape index (κ3) is 8.20. The van der Waals surface area contributed by atoms with Crippen LogP contribution in [0.2, 0.25) is 0 Å². The second-order valence-electron chi connectivity index (χ2n) is 13.0. The van der Waals surface area contributed by atoms with E-state index in [1.807, 2.05) is 0 Å². The molecular weight excluding hydrogens is 695 g/mol. The van der Waals surface area contributed by atoms with E-state index in [9.17, 15) is 9.90 Å². The van der Waals surface area contributed by atoms with Crippen LogP contribution >= 0.6 is 0 Å². The molecule has 4 heteroatoms. The van der Waals surface area contributed by atoms with E-state index in [4.69, 9.17) is 4.98 Å². The number of ketones is 1. The number of benzene rings is 2.